The van der Waals surface area contributed by atoms with Gasteiger partial charge in [0.1, 0.15) is 6.09 Å². The summed E-state index contributed by atoms with van der Waals surface area (Å²) in [7, 11) is -5.39. The SMILES string of the molecule is NC(=O)[O-].NC(=S)[S-].O=P([O-])([O-])[O-].[Mo+5]. The maximum absolute atomic E-state index is 8.67. The second kappa shape index (κ2) is 13.2. The van der Waals surface area contributed by atoms with Crippen molar-refractivity contribution in [3.8, 4) is 0 Å². The summed E-state index contributed by atoms with van der Waals surface area (Å²) in [6, 6.07) is 0. The molecule has 4 N–H and O–H groups in total. The molecule has 0 aliphatic heterocycles. The van der Waals surface area contributed by atoms with Crippen molar-refractivity contribution in [2.24, 2.45) is 11.5 Å². The molecule has 0 saturated heterocycles. The van der Waals surface area contributed by atoms with Gasteiger partial charge in [0, 0.05) is 0 Å². The third kappa shape index (κ3) is 47900. The van der Waals surface area contributed by atoms with Crippen LogP contribution in [0.3, 0.4) is 0 Å². The number of rotatable bonds is 0. The van der Waals surface area contributed by atoms with E-state index in [0.717, 1.165) is 0 Å². The first kappa shape index (κ1) is 23.8. The Morgan fingerprint density at radius 1 is 1.29 bits per heavy atom. The fraction of sp³-hybridized carbons (Fsp3) is 0. The van der Waals surface area contributed by atoms with Crippen LogP contribution < -0.4 is 31.3 Å². The molecule has 0 aliphatic rings. The number of thiocarbonyl (C=S) groups is 1. The fourth-order valence-corrected chi connectivity index (χ4v) is 0. The first-order valence-corrected chi connectivity index (χ1v) is 4.40. The van der Waals surface area contributed by atoms with Gasteiger partial charge in [0.15, 0.2) is 0 Å². The zero-order valence-electron chi connectivity index (χ0n) is 6.28. The van der Waals surface area contributed by atoms with Gasteiger partial charge in [-0.1, -0.05) is 4.32 Å². The summed E-state index contributed by atoms with van der Waals surface area (Å²) < 4.78 is 8.63. The molecule has 0 unspecified atom stereocenters. The molecule has 14 heavy (non-hydrogen) atoms. The predicted octanol–water partition coefficient (Wildman–Crippen LogP) is -4.76. The summed E-state index contributed by atoms with van der Waals surface area (Å²) in [6.45, 7) is 0. The number of nitrogens with two attached hydrogens (primary N) is 2. The van der Waals surface area contributed by atoms with Crippen molar-refractivity contribution in [2.45, 2.75) is 0 Å². The van der Waals surface area contributed by atoms with Crippen LogP contribution in [-0.4, -0.2) is 10.4 Å². The Hall–Kier alpha value is 0.178. The van der Waals surface area contributed by atoms with E-state index < -0.39 is 13.9 Å². The summed E-state index contributed by atoms with van der Waals surface area (Å²) >= 11 is 8.26. The number of carboxylic acid groups (broad SMARTS) is 1. The number of hydrogen-bond acceptors (Lipinski definition) is 8. The molecular formula is C2H4MoN2O6PS2. The third-order valence-corrected chi connectivity index (χ3v) is 0. The van der Waals surface area contributed by atoms with Crippen molar-refractivity contribution >= 4 is 43.1 Å². The topological polar surface area (TPSA) is 178 Å². The number of hydrogen-bond donors (Lipinski definition) is 2. The molecule has 1 amide bonds. The van der Waals surface area contributed by atoms with E-state index in [2.05, 4.69) is 36.3 Å². The van der Waals surface area contributed by atoms with Crippen LogP contribution in [0.4, 0.5) is 4.79 Å². The monoisotopic (exact) mass is 345 g/mol. The molecule has 12 heteroatoms. The molecule has 0 heterocycles. The van der Waals surface area contributed by atoms with E-state index in [9.17, 15) is 0 Å². The van der Waals surface area contributed by atoms with Crippen molar-refractivity contribution in [2.75, 3.05) is 0 Å². The van der Waals surface area contributed by atoms with Crippen molar-refractivity contribution in [3.63, 3.8) is 0 Å². The Bertz CT molecular complexity index is 180. The normalized spacial score (nSPS) is 7.64. The zero-order valence-corrected chi connectivity index (χ0v) is 10.8. The Morgan fingerprint density at radius 2 is 1.29 bits per heavy atom. The molecule has 0 atom stereocenters. The van der Waals surface area contributed by atoms with Gasteiger partial charge in [0.05, 0.1) is 0 Å². The van der Waals surface area contributed by atoms with E-state index in [4.69, 9.17) is 29.1 Å². The Labute approximate surface area is 105 Å². The third-order valence-electron chi connectivity index (χ3n) is 0. The van der Waals surface area contributed by atoms with E-state index in [1.165, 1.54) is 0 Å². The van der Waals surface area contributed by atoms with Gasteiger partial charge in [0.2, 0.25) is 0 Å². The number of phosphoric acid groups is 1. The van der Waals surface area contributed by atoms with Crippen LogP contribution in [0, 0.1) is 0 Å². The van der Waals surface area contributed by atoms with Gasteiger partial charge >= 0.3 is 21.1 Å². The molecule has 0 bridgehead atoms. The molecule has 0 fully saturated rings. The van der Waals surface area contributed by atoms with E-state index >= 15 is 0 Å². The average molecular weight is 343 g/mol. The van der Waals surface area contributed by atoms with Crippen LogP contribution in [0.2, 0.25) is 0 Å². The second-order valence-electron chi connectivity index (χ2n) is 1.09. The van der Waals surface area contributed by atoms with E-state index in [0.29, 0.717) is 0 Å². The average Bonchev–Trinajstić information content (AvgIpc) is 1.50. The van der Waals surface area contributed by atoms with Gasteiger partial charge in [-0.3, -0.25) is 0 Å². The molecular weight excluding hydrogens is 339 g/mol. The second-order valence-corrected chi connectivity index (χ2v) is 3.12. The Balaban J connectivity index is -0.0000000522. The molecule has 8 nitrogen and oxygen atoms in total. The van der Waals surface area contributed by atoms with Gasteiger partial charge in [-0.15, -0.1) is 0 Å². The smallest absolute Gasteiger partial charge is 0.822 e. The van der Waals surface area contributed by atoms with Gasteiger partial charge in [-0.05, 0) is 0 Å². The Kier molecular flexibility index (Phi) is 22.4. The largest absolute Gasteiger partial charge is 5.00 e. The van der Waals surface area contributed by atoms with E-state index in [1.54, 1.807) is 0 Å². The van der Waals surface area contributed by atoms with Crippen LogP contribution in [0.25, 0.3) is 0 Å². The fourth-order valence-electron chi connectivity index (χ4n) is 0. The summed E-state index contributed by atoms with van der Waals surface area (Å²) in [5, 5.41) is 8.67. The zero-order chi connectivity index (χ0) is 11.7. The van der Waals surface area contributed by atoms with Crippen molar-refractivity contribution in [3.05, 3.63) is 0 Å². The van der Waals surface area contributed by atoms with Crippen molar-refractivity contribution < 1.29 is 50.2 Å². The minimum atomic E-state index is -5.39. The molecule has 0 rings (SSSR count). The number of primary amides is 1. The molecule has 0 aromatic heterocycles. The van der Waals surface area contributed by atoms with Gasteiger partial charge < -0.3 is 65.5 Å². The van der Waals surface area contributed by atoms with Gasteiger partial charge in [0.25, 0.3) is 0 Å². The van der Waals surface area contributed by atoms with Crippen molar-refractivity contribution in [1.29, 1.82) is 0 Å². The minimum Gasteiger partial charge on any atom is -0.822 e. The molecule has 81 valence electrons. The number of amides is 1. The summed E-state index contributed by atoms with van der Waals surface area (Å²) in [5.74, 6) is 0. The summed E-state index contributed by atoms with van der Waals surface area (Å²) in [6.07, 6.45) is -1.58. The summed E-state index contributed by atoms with van der Waals surface area (Å²) in [5.41, 5.74) is 8.57. The molecule has 0 spiro atoms. The number of carbonyl (C=O) groups is 1. The van der Waals surface area contributed by atoms with Crippen LogP contribution >= 0.6 is 20.0 Å². The van der Waals surface area contributed by atoms with Crippen LogP contribution in [0.5, 0.6) is 0 Å². The molecule has 0 saturated carbocycles. The standard InChI is InChI=1S/CH3NO2.CH3NS2.Mo.H3O4P/c2*2-1(3)4;;1-5(2,3)4/h2H2,(H,3,4);(H3,2,3,4);;(H3,1,2,3,4)/q;;+5;/p-5. The van der Waals surface area contributed by atoms with Crippen LogP contribution in [0.1, 0.15) is 0 Å². The van der Waals surface area contributed by atoms with Crippen LogP contribution in [0.15, 0.2) is 0 Å². The minimum absolute atomic E-state index is 0. The quantitative estimate of drug-likeness (QED) is 0.189. The van der Waals surface area contributed by atoms with Gasteiger partial charge in [-0.2, -0.15) is 7.82 Å². The van der Waals surface area contributed by atoms with Crippen LogP contribution in [-0.2, 0) is 38.3 Å². The molecule has 0 aliphatic carbocycles. The first-order valence-electron chi connectivity index (χ1n) is 2.12. The Morgan fingerprint density at radius 3 is 1.29 bits per heavy atom. The van der Waals surface area contributed by atoms with E-state index in [1.807, 2.05) is 0 Å². The van der Waals surface area contributed by atoms with Gasteiger partial charge in [-0.25, -0.2) is 0 Å². The molecule has 1 radical (unpaired) electrons. The summed E-state index contributed by atoms with van der Waals surface area (Å²) in [4.78, 5) is 34.3. The first-order chi connectivity index (χ1) is 5.46. The predicted molar refractivity (Wildman–Crippen MR) is 41.3 cm³/mol. The molecule has 0 aromatic carbocycles. The maximum atomic E-state index is 8.67. The molecule has 0 aromatic rings. The van der Waals surface area contributed by atoms with Crippen molar-refractivity contribution in [1.82, 2.24) is 0 Å². The van der Waals surface area contributed by atoms with E-state index in [-0.39, 0.29) is 25.4 Å². The maximum Gasteiger partial charge on any atom is 5.00 e. The number of carbonyl (C=O) groups excluding carboxylic acids is 1.